The van der Waals surface area contributed by atoms with Gasteiger partial charge in [0.15, 0.2) is 0 Å². The van der Waals surface area contributed by atoms with Crippen LogP contribution in [0.5, 0.6) is 0 Å². The number of pyridine rings is 1. The Labute approximate surface area is 125 Å². The maximum absolute atomic E-state index is 4.91. The summed E-state index contributed by atoms with van der Waals surface area (Å²) < 4.78 is 0. The third kappa shape index (κ3) is 2.60. The Morgan fingerprint density at radius 2 is 2.19 bits per heavy atom. The van der Waals surface area contributed by atoms with Crippen LogP contribution in [0.3, 0.4) is 0 Å². The average molecular weight is 282 g/mol. The van der Waals surface area contributed by atoms with E-state index in [-0.39, 0.29) is 0 Å². The number of likely N-dealkylation sites (tertiary alicyclic amines) is 1. The van der Waals surface area contributed by atoms with Gasteiger partial charge in [-0.2, -0.15) is 0 Å². The second-order valence-electron chi connectivity index (χ2n) is 6.24. The fourth-order valence-corrected chi connectivity index (χ4v) is 3.68. The van der Waals surface area contributed by atoms with Gasteiger partial charge in [0.2, 0.25) is 0 Å². The Morgan fingerprint density at radius 3 is 3.05 bits per heavy atom. The Balaban J connectivity index is 1.54. The van der Waals surface area contributed by atoms with Crippen LogP contribution in [0.15, 0.2) is 24.5 Å². The van der Waals surface area contributed by atoms with Gasteiger partial charge < -0.3 is 4.98 Å². The van der Waals surface area contributed by atoms with E-state index >= 15 is 0 Å². The molecule has 2 aromatic rings. The Morgan fingerprint density at radius 1 is 1.24 bits per heavy atom. The SMILES string of the molecule is c1cncc(CN2CCC[C@H]2c2nc3c([nH]2)CCCC3)c1. The van der Waals surface area contributed by atoms with Gasteiger partial charge in [-0.05, 0) is 56.7 Å². The molecule has 0 aromatic carbocycles. The largest absolute Gasteiger partial charge is 0.344 e. The number of fused-ring (bicyclic) bond motifs is 1. The van der Waals surface area contributed by atoms with Crippen molar-refractivity contribution in [1.82, 2.24) is 19.9 Å². The van der Waals surface area contributed by atoms with Gasteiger partial charge in [-0.1, -0.05) is 6.07 Å². The standard InChI is InChI=1S/C17H22N4/c1-2-7-15-14(6-1)19-17(20-15)16-8-4-10-21(16)12-13-5-3-9-18-11-13/h3,5,9,11,16H,1-2,4,6-8,10,12H2,(H,19,20)/t16-/m0/s1. The number of aromatic amines is 1. The zero-order valence-electron chi connectivity index (χ0n) is 12.4. The number of aromatic nitrogens is 3. The van der Waals surface area contributed by atoms with E-state index in [0.29, 0.717) is 6.04 Å². The summed E-state index contributed by atoms with van der Waals surface area (Å²) in [6, 6.07) is 4.64. The molecule has 1 aliphatic carbocycles. The summed E-state index contributed by atoms with van der Waals surface area (Å²) in [5.74, 6) is 1.20. The molecule has 0 amide bonds. The van der Waals surface area contributed by atoms with E-state index in [9.17, 15) is 0 Å². The second-order valence-corrected chi connectivity index (χ2v) is 6.24. The molecule has 21 heavy (non-hydrogen) atoms. The van der Waals surface area contributed by atoms with Gasteiger partial charge in [0.1, 0.15) is 5.82 Å². The lowest BCUT2D eigenvalue weighted by Crippen LogP contribution is -2.23. The summed E-state index contributed by atoms with van der Waals surface area (Å²) in [6.45, 7) is 2.13. The van der Waals surface area contributed by atoms with Crippen LogP contribution >= 0.6 is 0 Å². The Kier molecular flexibility index (Phi) is 3.47. The van der Waals surface area contributed by atoms with Crippen molar-refractivity contribution in [3.63, 3.8) is 0 Å². The monoisotopic (exact) mass is 282 g/mol. The number of nitrogens with one attached hydrogen (secondary N) is 1. The first kappa shape index (κ1) is 13.0. The molecule has 1 fully saturated rings. The third-order valence-corrected chi connectivity index (χ3v) is 4.76. The van der Waals surface area contributed by atoms with Gasteiger partial charge in [0, 0.05) is 24.6 Å². The number of imidazole rings is 1. The van der Waals surface area contributed by atoms with Crippen molar-refractivity contribution in [3.05, 3.63) is 47.3 Å². The van der Waals surface area contributed by atoms with E-state index in [0.717, 1.165) is 19.5 Å². The molecule has 4 heteroatoms. The highest BCUT2D eigenvalue weighted by atomic mass is 15.2. The molecule has 2 aromatic heterocycles. The molecule has 2 aliphatic rings. The lowest BCUT2D eigenvalue weighted by atomic mass is 10.0. The van der Waals surface area contributed by atoms with Crippen LogP contribution in [-0.4, -0.2) is 26.4 Å². The highest BCUT2D eigenvalue weighted by molar-refractivity contribution is 5.20. The molecule has 1 N–H and O–H groups in total. The minimum absolute atomic E-state index is 0.454. The van der Waals surface area contributed by atoms with E-state index in [4.69, 9.17) is 4.98 Å². The molecule has 1 saturated heterocycles. The average Bonchev–Trinajstić information content (AvgIpc) is 3.14. The van der Waals surface area contributed by atoms with Crippen molar-refractivity contribution in [3.8, 4) is 0 Å². The van der Waals surface area contributed by atoms with Crippen LogP contribution in [0.25, 0.3) is 0 Å². The number of nitrogens with zero attached hydrogens (tertiary/aromatic N) is 3. The molecule has 3 heterocycles. The van der Waals surface area contributed by atoms with Crippen LogP contribution in [0.4, 0.5) is 0 Å². The molecule has 110 valence electrons. The van der Waals surface area contributed by atoms with Crippen molar-refractivity contribution in [2.45, 2.75) is 51.1 Å². The molecule has 1 atom stereocenters. The summed E-state index contributed by atoms with van der Waals surface area (Å²) in [7, 11) is 0. The number of rotatable bonds is 3. The molecule has 0 radical (unpaired) electrons. The van der Waals surface area contributed by atoms with Gasteiger partial charge in [0.05, 0.1) is 11.7 Å². The maximum atomic E-state index is 4.91. The number of H-pyrrole nitrogens is 1. The summed E-state index contributed by atoms with van der Waals surface area (Å²) in [5, 5.41) is 0. The minimum atomic E-state index is 0.454. The van der Waals surface area contributed by atoms with Gasteiger partial charge in [0.25, 0.3) is 0 Å². The second kappa shape index (κ2) is 5.60. The molecule has 1 aliphatic heterocycles. The Hall–Kier alpha value is -1.68. The molecule has 0 bridgehead atoms. The van der Waals surface area contributed by atoms with E-state index in [1.807, 2.05) is 18.5 Å². The summed E-state index contributed by atoms with van der Waals surface area (Å²) in [6.07, 6.45) is 11.2. The lowest BCUT2D eigenvalue weighted by molar-refractivity contribution is 0.240. The summed E-state index contributed by atoms with van der Waals surface area (Å²) in [4.78, 5) is 15.3. The van der Waals surface area contributed by atoms with Crippen molar-refractivity contribution in [2.75, 3.05) is 6.54 Å². The maximum Gasteiger partial charge on any atom is 0.124 e. The predicted molar refractivity (Wildman–Crippen MR) is 81.9 cm³/mol. The van der Waals surface area contributed by atoms with Gasteiger partial charge >= 0.3 is 0 Å². The first-order valence-electron chi connectivity index (χ1n) is 8.11. The van der Waals surface area contributed by atoms with Crippen LogP contribution in [0.1, 0.15) is 54.5 Å². The van der Waals surface area contributed by atoms with Gasteiger partial charge in [-0.25, -0.2) is 4.98 Å². The molecule has 4 rings (SSSR count). The van der Waals surface area contributed by atoms with E-state index in [1.165, 1.54) is 54.9 Å². The van der Waals surface area contributed by atoms with Gasteiger partial charge in [-0.15, -0.1) is 0 Å². The summed E-state index contributed by atoms with van der Waals surface area (Å²) in [5.41, 5.74) is 4.01. The molecular weight excluding hydrogens is 260 g/mol. The first-order valence-corrected chi connectivity index (χ1v) is 8.11. The van der Waals surface area contributed by atoms with Crippen molar-refractivity contribution in [1.29, 1.82) is 0 Å². The third-order valence-electron chi connectivity index (χ3n) is 4.76. The van der Waals surface area contributed by atoms with Crippen LogP contribution < -0.4 is 0 Å². The highest BCUT2D eigenvalue weighted by Gasteiger charge is 2.29. The molecule has 0 unspecified atom stereocenters. The molecule has 0 spiro atoms. The van der Waals surface area contributed by atoms with Gasteiger partial charge in [-0.3, -0.25) is 9.88 Å². The highest BCUT2D eigenvalue weighted by Crippen LogP contribution is 2.33. The zero-order valence-corrected chi connectivity index (χ0v) is 12.4. The quantitative estimate of drug-likeness (QED) is 0.941. The smallest absolute Gasteiger partial charge is 0.124 e. The van der Waals surface area contributed by atoms with Crippen LogP contribution in [0.2, 0.25) is 0 Å². The fraction of sp³-hybridized carbons (Fsp3) is 0.529. The first-order chi connectivity index (χ1) is 10.4. The Bertz CT molecular complexity index is 581. The topological polar surface area (TPSA) is 44.8 Å². The minimum Gasteiger partial charge on any atom is -0.344 e. The van der Waals surface area contributed by atoms with Crippen molar-refractivity contribution in [2.24, 2.45) is 0 Å². The van der Waals surface area contributed by atoms with Crippen LogP contribution in [0, 0.1) is 0 Å². The number of hydrogen-bond donors (Lipinski definition) is 1. The lowest BCUT2D eigenvalue weighted by Gasteiger charge is -2.22. The number of aryl methyl sites for hydroxylation is 2. The molecular formula is C17H22N4. The predicted octanol–water partition coefficient (Wildman–Crippen LogP) is 3.02. The zero-order chi connectivity index (χ0) is 14.1. The normalized spacial score (nSPS) is 22.4. The fourth-order valence-electron chi connectivity index (χ4n) is 3.68. The van der Waals surface area contributed by atoms with E-state index in [1.54, 1.807) is 0 Å². The molecule has 4 nitrogen and oxygen atoms in total. The van der Waals surface area contributed by atoms with E-state index in [2.05, 4.69) is 20.9 Å². The number of hydrogen-bond acceptors (Lipinski definition) is 3. The van der Waals surface area contributed by atoms with Crippen LogP contribution in [-0.2, 0) is 19.4 Å². The summed E-state index contributed by atoms with van der Waals surface area (Å²) >= 11 is 0. The van der Waals surface area contributed by atoms with E-state index < -0.39 is 0 Å². The van der Waals surface area contributed by atoms with Crippen molar-refractivity contribution >= 4 is 0 Å². The van der Waals surface area contributed by atoms with Crippen molar-refractivity contribution < 1.29 is 0 Å². The molecule has 0 saturated carbocycles.